The molecule has 4 atom stereocenters. The molecule has 9 heteroatoms. The highest BCUT2D eigenvalue weighted by atomic mass is 31.2. The van der Waals surface area contributed by atoms with Gasteiger partial charge in [-0.3, -0.25) is 14.2 Å². The highest BCUT2D eigenvalue weighted by Crippen LogP contribution is 2.49. The van der Waals surface area contributed by atoms with Crippen LogP contribution in [0.1, 0.15) is 33.1 Å². The molecule has 112 valence electrons. The van der Waals surface area contributed by atoms with E-state index in [1.54, 1.807) is 0 Å². The van der Waals surface area contributed by atoms with Crippen molar-refractivity contribution in [3.8, 4) is 0 Å². The molecular weight excluding hydrogens is 273 g/mol. The van der Waals surface area contributed by atoms with Crippen LogP contribution in [-0.2, 0) is 14.2 Å². The number of nitrogens with one attached hydrogen (secondary N) is 1. The average molecular weight is 295 g/mol. The van der Waals surface area contributed by atoms with E-state index in [1.165, 1.54) is 6.92 Å². The van der Waals surface area contributed by atoms with Crippen molar-refractivity contribution in [3.63, 3.8) is 0 Å². The van der Waals surface area contributed by atoms with E-state index in [0.29, 0.717) is 12.8 Å². The van der Waals surface area contributed by atoms with Gasteiger partial charge in [0, 0.05) is 0 Å². The summed E-state index contributed by atoms with van der Waals surface area (Å²) >= 11 is 0. The number of nitrogens with two attached hydrogens (primary N) is 2. The molecule has 0 aromatic rings. The molecule has 0 heterocycles. The van der Waals surface area contributed by atoms with Crippen LogP contribution in [0.3, 0.4) is 0 Å². The fourth-order valence-electron chi connectivity index (χ4n) is 1.44. The van der Waals surface area contributed by atoms with Crippen molar-refractivity contribution in [2.24, 2.45) is 11.5 Å². The Morgan fingerprint density at radius 1 is 1.37 bits per heavy atom. The summed E-state index contributed by atoms with van der Waals surface area (Å²) in [6, 6.07) is -0.839. The third-order valence-corrected chi connectivity index (χ3v) is 5.02. The fraction of sp³-hybridized carbons (Fsp3) is 0.800. The second-order valence-corrected chi connectivity index (χ2v) is 7.21. The second-order valence-electron chi connectivity index (χ2n) is 4.43. The molecule has 0 aliphatic carbocycles. The highest BCUT2D eigenvalue weighted by Gasteiger charge is 2.38. The number of carboxylic acids is 1. The third kappa shape index (κ3) is 5.69. The van der Waals surface area contributed by atoms with Gasteiger partial charge in [0.15, 0.2) is 0 Å². The van der Waals surface area contributed by atoms with Crippen LogP contribution in [0, 0.1) is 0 Å². The van der Waals surface area contributed by atoms with Crippen LogP contribution < -0.4 is 16.8 Å². The molecule has 3 unspecified atom stereocenters. The van der Waals surface area contributed by atoms with Crippen molar-refractivity contribution in [3.05, 3.63) is 0 Å². The molecule has 0 aromatic carbocycles. The fourth-order valence-corrected chi connectivity index (χ4v) is 2.73. The van der Waals surface area contributed by atoms with Gasteiger partial charge in [0.1, 0.15) is 5.78 Å². The zero-order valence-electron chi connectivity index (χ0n) is 11.1. The molecule has 19 heavy (non-hydrogen) atoms. The van der Waals surface area contributed by atoms with Gasteiger partial charge in [-0.2, -0.15) is 0 Å². The second kappa shape index (κ2) is 7.59. The van der Waals surface area contributed by atoms with Crippen molar-refractivity contribution in [2.45, 2.75) is 50.7 Å². The quantitative estimate of drug-likeness (QED) is 0.381. The Labute approximate surface area is 112 Å². The minimum atomic E-state index is -4.03. The summed E-state index contributed by atoms with van der Waals surface area (Å²) in [5.41, 5.74) is 10.9. The van der Waals surface area contributed by atoms with Crippen molar-refractivity contribution >= 4 is 19.2 Å². The lowest BCUT2D eigenvalue weighted by Crippen LogP contribution is -2.47. The predicted molar refractivity (Wildman–Crippen MR) is 70.5 cm³/mol. The minimum Gasteiger partial charge on any atom is -0.481 e. The molecule has 0 saturated carbocycles. The summed E-state index contributed by atoms with van der Waals surface area (Å²) in [6.45, 7) is 3.12. The molecule has 0 saturated heterocycles. The summed E-state index contributed by atoms with van der Waals surface area (Å²) in [4.78, 5) is 32.2. The van der Waals surface area contributed by atoms with E-state index in [9.17, 15) is 19.0 Å². The highest BCUT2D eigenvalue weighted by molar-refractivity contribution is 7.59. The van der Waals surface area contributed by atoms with Crippen LogP contribution in [0.2, 0.25) is 0 Å². The van der Waals surface area contributed by atoms with Crippen LogP contribution in [0.15, 0.2) is 0 Å². The standard InChI is InChI=1S/C10H22N3O5P/c1-3-4-7(12)10(16)13-8(5-9(14)15)19(17,18)6(2)11/h6-8H,3-5,11-12H2,1-2H3,(H,13,16)(H,14,15)(H,17,18)/t6?,7-,8?/m1/s1. The van der Waals surface area contributed by atoms with Gasteiger partial charge in [-0.15, -0.1) is 0 Å². The average Bonchev–Trinajstić information content (AvgIpc) is 2.27. The van der Waals surface area contributed by atoms with E-state index in [1.807, 2.05) is 6.92 Å². The first-order valence-corrected chi connectivity index (χ1v) is 7.78. The summed E-state index contributed by atoms with van der Waals surface area (Å²) < 4.78 is 12.0. The van der Waals surface area contributed by atoms with Crippen molar-refractivity contribution in [1.82, 2.24) is 5.32 Å². The van der Waals surface area contributed by atoms with E-state index < -0.39 is 43.3 Å². The van der Waals surface area contributed by atoms with Gasteiger partial charge in [0.25, 0.3) is 0 Å². The molecular formula is C10H22N3O5P. The number of carboxylic acid groups (broad SMARTS) is 1. The maximum atomic E-state index is 12.0. The Balaban J connectivity index is 4.93. The normalized spacial score (nSPS) is 19.0. The topological polar surface area (TPSA) is 156 Å². The molecule has 0 rings (SSSR count). The molecule has 0 aromatic heterocycles. The molecule has 8 nitrogen and oxygen atoms in total. The lowest BCUT2D eigenvalue weighted by atomic mass is 10.1. The Bertz CT molecular complexity index is 374. The van der Waals surface area contributed by atoms with Crippen LogP contribution in [0.5, 0.6) is 0 Å². The first-order chi connectivity index (χ1) is 8.62. The molecule has 0 spiro atoms. The molecule has 0 fully saturated rings. The molecule has 1 amide bonds. The monoisotopic (exact) mass is 295 g/mol. The number of amides is 1. The van der Waals surface area contributed by atoms with Gasteiger partial charge < -0.3 is 26.8 Å². The number of carbonyl (C=O) groups is 2. The minimum absolute atomic E-state index is 0.402. The van der Waals surface area contributed by atoms with Gasteiger partial charge in [-0.25, -0.2) is 0 Å². The maximum Gasteiger partial charge on any atom is 0.306 e. The Kier molecular flexibility index (Phi) is 7.21. The van der Waals surface area contributed by atoms with Crippen LogP contribution in [0.25, 0.3) is 0 Å². The van der Waals surface area contributed by atoms with Crippen LogP contribution in [0.4, 0.5) is 0 Å². The smallest absolute Gasteiger partial charge is 0.306 e. The van der Waals surface area contributed by atoms with Gasteiger partial charge >= 0.3 is 5.97 Å². The molecule has 0 aliphatic heterocycles. The first kappa shape index (κ1) is 18.0. The largest absolute Gasteiger partial charge is 0.481 e. The maximum absolute atomic E-state index is 12.0. The number of rotatable bonds is 8. The van der Waals surface area contributed by atoms with E-state index >= 15 is 0 Å². The Morgan fingerprint density at radius 3 is 2.26 bits per heavy atom. The summed E-state index contributed by atoms with van der Waals surface area (Å²) in [6.07, 6.45) is 0.391. The lowest BCUT2D eigenvalue weighted by molar-refractivity contribution is -0.137. The van der Waals surface area contributed by atoms with E-state index in [-0.39, 0.29) is 0 Å². The van der Waals surface area contributed by atoms with Crippen LogP contribution in [-0.4, -0.2) is 39.5 Å². The first-order valence-electron chi connectivity index (χ1n) is 5.98. The number of hydrogen-bond acceptors (Lipinski definition) is 5. The van der Waals surface area contributed by atoms with Gasteiger partial charge in [-0.1, -0.05) is 13.3 Å². The SMILES string of the molecule is CCC[C@@H](N)C(=O)NC(CC(=O)O)P(=O)(O)C(C)N. The van der Waals surface area contributed by atoms with Crippen molar-refractivity contribution < 1.29 is 24.2 Å². The third-order valence-electron chi connectivity index (χ3n) is 2.64. The van der Waals surface area contributed by atoms with E-state index in [2.05, 4.69) is 5.32 Å². The Hall–Kier alpha value is -0.950. The van der Waals surface area contributed by atoms with Gasteiger partial charge in [0.2, 0.25) is 13.3 Å². The molecule has 7 N–H and O–H groups in total. The summed E-state index contributed by atoms with van der Waals surface area (Å²) in [7, 11) is -4.03. The molecule has 0 radical (unpaired) electrons. The summed E-state index contributed by atoms with van der Waals surface area (Å²) in [5.74, 6) is -4.52. The van der Waals surface area contributed by atoms with E-state index in [0.717, 1.165) is 0 Å². The summed E-state index contributed by atoms with van der Waals surface area (Å²) in [5, 5.41) is 10.9. The van der Waals surface area contributed by atoms with Crippen LogP contribution >= 0.6 is 7.37 Å². The van der Waals surface area contributed by atoms with E-state index in [4.69, 9.17) is 16.6 Å². The number of hydrogen-bond donors (Lipinski definition) is 5. The predicted octanol–water partition coefficient (Wildman–Crippen LogP) is -0.394. The zero-order chi connectivity index (χ0) is 15.2. The lowest BCUT2D eigenvalue weighted by Gasteiger charge is -2.26. The van der Waals surface area contributed by atoms with Crippen molar-refractivity contribution in [1.29, 1.82) is 0 Å². The Morgan fingerprint density at radius 2 is 1.89 bits per heavy atom. The number of aliphatic carboxylic acids is 1. The molecule has 0 bridgehead atoms. The van der Waals surface area contributed by atoms with Crippen molar-refractivity contribution in [2.75, 3.05) is 0 Å². The molecule has 0 aliphatic rings. The van der Waals surface area contributed by atoms with Gasteiger partial charge in [-0.05, 0) is 13.3 Å². The van der Waals surface area contributed by atoms with Gasteiger partial charge in [0.05, 0.1) is 18.2 Å². The number of carbonyl (C=O) groups excluding carboxylic acids is 1. The zero-order valence-corrected chi connectivity index (χ0v) is 12.0.